The Morgan fingerprint density at radius 2 is 2.04 bits per heavy atom. The minimum atomic E-state index is -0.451. The number of methoxy groups -OCH3 is 1. The van der Waals surface area contributed by atoms with E-state index >= 15 is 0 Å². The van der Waals surface area contributed by atoms with Gasteiger partial charge in [0.1, 0.15) is 5.00 Å². The highest BCUT2D eigenvalue weighted by Crippen LogP contribution is 2.30. The van der Waals surface area contributed by atoms with Crippen molar-refractivity contribution in [3.8, 4) is 0 Å². The van der Waals surface area contributed by atoms with Gasteiger partial charge in [-0.2, -0.15) is 4.98 Å². The number of aryl methyl sites for hydroxylation is 2. The minimum absolute atomic E-state index is 0.0140. The summed E-state index contributed by atoms with van der Waals surface area (Å²) < 4.78 is 6.51. The standard InChI is InChI=1S/C19H23N5O3S/c1-10(2)6-13-9-28-17(16(13)18(26)27-5)22-15(25)8-14-21-19-20-11(3)7-12(4)24(19)23-14/h7,9-10H,6,8H2,1-5H3,(H,22,25). The zero-order valence-corrected chi connectivity index (χ0v) is 17.4. The van der Waals surface area contributed by atoms with Crippen LogP contribution in [0.1, 0.15) is 47.0 Å². The van der Waals surface area contributed by atoms with Crippen molar-refractivity contribution in [3.05, 3.63) is 39.8 Å². The fourth-order valence-corrected chi connectivity index (χ4v) is 3.98. The van der Waals surface area contributed by atoms with Crippen LogP contribution in [0.2, 0.25) is 0 Å². The summed E-state index contributed by atoms with van der Waals surface area (Å²) in [6.45, 7) is 7.94. The van der Waals surface area contributed by atoms with E-state index < -0.39 is 5.97 Å². The van der Waals surface area contributed by atoms with Gasteiger partial charge in [-0.25, -0.2) is 14.3 Å². The molecule has 3 aromatic heterocycles. The van der Waals surface area contributed by atoms with Crippen LogP contribution in [-0.4, -0.2) is 38.6 Å². The number of ether oxygens (including phenoxy) is 1. The number of hydrogen-bond acceptors (Lipinski definition) is 7. The van der Waals surface area contributed by atoms with Crippen LogP contribution in [0.25, 0.3) is 5.78 Å². The molecule has 9 heteroatoms. The fraction of sp³-hybridized carbons (Fsp3) is 0.421. The number of nitrogens with one attached hydrogen (secondary N) is 1. The molecule has 0 atom stereocenters. The van der Waals surface area contributed by atoms with Crippen molar-refractivity contribution in [2.75, 3.05) is 12.4 Å². The van der Waals surface area contributed by atoms with Crippen LogP contribution < -0.4 is 5.32 Å². The predicted molar refractivity (Wildman–Crippen MR) is 107 cm³/mol. The molecule has 1 amide bonds. The summed E-state index contributed by atoms with van der Waals surface area (Å²) in [6, 6.07) is 1.90. The normalized spacial score (nSPS) is 11.2. The number of thiophene rings is 1. The molecule has 3 rings (SSSR count). The molecule has 0 fully saturated rings. The van der Waals surface area contributed by atoms with E-state index in [-0.39, 0.29) is 12.3 Å². The predicted octanol–water partition coefficient (Wildman–Crippen LogP) is 2.97. The lowest BCUT2D eigenvalue weighted by Crippen LogP contribution is -2.17. The minimum Gasteiger partial charge on any atom is -0.465 e. The third-order valence-corrected chi connectivity index (χ3v) is 5.06. The van der Waals surface area contributed by atoms with Crippen molar-refractivity contribution >= 4 is 34.0 Å². The lowest BCUT2D eigenvalue weighted by atomic mass is 10.0. The number of rotatable bonds is 6. The number of aromatic nitrogens is 4. The molecule has 0 saturated carbocycles. The maximum atomic E-state index is 12.5. The van der Waals surface area contributed by atoms with Gasteiger partial charge < -0.3 is 10.1 Å². The van der Waals surface area contributed by atoms with Gasteiger partial charge in [0.05, 0.1) is 19.1 Å². The Morgan fingerprint density at radius 1 is 1.29 bits per heavy atom. The Hall–Kier alpha value is -2.81. The van der Waals surface area contributed by atoms with Crippen LogP contribution in [-0.2, 0) is 22.4 Å². The van der Waals surface area contributed by atoms with Gasteiger partial charge in [0, 0.05) is 11.4 Å². The summed E-state index contributed by atoms with van der Waals surface area (Å²) >= 11 is 1.32. The fourth-order valence-electron chi connectivity index (χ4n) is 3.00. The van der Waals surface area contributed by atoms with Crippen molar-refractivity contribution in [2.45, 2.75) is 40.5 Å². The monoisotopic (exact) mass is 401 g/mol. The smallest absolute Gasteiger partial charge is 0.341 e. The summed E-state index contributed by atoms with van der Waals surface area (Å²) in [6.07, 6.45) is 0.717. The van der Waals surface area contributed by atoms with Crippen LogP contribution in [0.5, 0.6) is 0 Å². The lowest BCUT2D eigenvalue weighted by Gasteiger charge is -2.08. The third-order valence-electron chi connectivity index (χ3n) is 4.12. The first kappa shape index (κ1) is 19.9. The summed E-state index contributed by atoms with van der Waals surface area (Å²) in [7, 11) is 1.34. The van der Waals surface area contributed by atoms with E-state index in [4.69, 9.17) is 4.74 Å². The van der Waals surface area contributed by atoms with Crippen molar-refractivity contribution in [2.24, 2.45) is 5.92 Å². The molecule has 0 aliphatic carbocycles. The molecule has 0 radical (unpaired) electrons. The molecule has 0 aromatic carbocycles. The first-order chi connectivity index (χ1) is 13.3. The van der Waals surface area contributed by atoms with Gasteiger partial charge in [0.15, 0.2) is 5.82 Å². The highest BCUT2D eigenvalue weighted by atomic mass is 32.1. The first-order valence-electron chi connectivity index (χ1n) is 8.97. The van der Waals surface area contributed by atoms with E-state index in [2.05, 4.69) is 34.2 Å². The average molecular weight is 401 g/mol. The number of nitrogens with zero attached hydrogens (tertiary/aromatic N) is 4. The van der Waals surface area contributed by atoms with E-state index in [1.807, 2.05) is 25.3 Å². The van der Waals surface area contributed by atoms with E-state index in [0.717, 1.165) is 23.4 Å². The van der Waals surface area contributed by atoms with Gasteiger partial charge >= 0.3 is 5.97 Å². The number of anilines is 1. The van der Waals surface area contributed by atoms with E-state index in [1.54, 1.807) is 4.52 Å². The zero-order valence-electron chi connectivity index (χ0n) is 16.6. The molecule has 148 valence electrons. The number of amides is 1. The van der Waals surface area contributed by atoms with E-state index in [1.165, 1.54) is 18.4 Å². The molecule has 3 aromatic rings. The van der Waals surface area contributed by atoms with Gasteiger partial charge in [0.2, 0.25) is 5.91 Å². The van der Waals surface area contributed by atoms with Crippen molar-refractivity contribution in [1.82, 2.24) is 19.6 Å². The van der Waals surface area contributed by atoms with E-state index in [0.29, 0.717) is 28.1 Å². The van der Waals surface area contributed by atoms with Gasteiger partial charge in [-0.15, -0.1) is 16.4 Å². The summed E-state index contributed by atoms with van der Waals surface area (Å²) in [4.78, 5) is 33.4. The highest BCUT2D eigenvalue weighted by molar-refractivity contribution is 7.15. The van der Waals surface area contributed by atoms with Gasteiger partial charge in [-0.05, 0) is 43.2 Å². The topological polar surface area (TPSA) is 98.5 Å². The molecular formula is C19H23N5O3S. The summed E-state index contributed by atoms with van der Waals surface area (Å²) in [5.41, 5.74) is 3.03. The van der Waals surface area contributed by atoms with Crippen molar-refractivity contribution in [1.29, 1.82) is 0 Å². The molecule has 8 nitrogen and oxygen atoms in total. The molecule has 3 heterocycles. The number of carbonyl (C=O) groups is 2. The molecule has 1 N–H and O–H groups in total. The number of fused-ring (bicyclic) bond motifs is 1. The van der Waals surface area contributed by atoms with Crippen LogP contribution in [0, 0.1) is 19.8 Å². The van der Waals surface area contributed by atoms with Gasteiger partial charge in [-0.3, -0.25) is 4.79 Å². The Labute approximate surface area is 167 Å². The average Bonchev–Trinajstić information content (AvgIpc) is 3.17. The van der Waals surface area contributed by atoms with Crippen LogP contribution in [0.4, 0.5) is 5.00 Å². The van der Waals surface area contributed by atoms with Crippen molar-refractivity contribution in [3.63, 3.8) is 0 Å². The first-order valence-corrected chi connectivity index (χ1v) is 9.84. The Bertz CT molecular complexity index is 1040. The number of hydrogen-bond donors (Lipinski definition) is 1. The molecule has 0 saturated heterocycles. The SMILES string of the molecule is COC(=O)c1c(CC(C)C)csc1NC(=O)Cc1nc2nc(C)cc(C)n2n1. The highest BCUT2D eigenvalue weighted by Gasteiger charge is 2.22. The molecule has 0 spiro atoms. The quantitative estimate of drug-likeness (QED) is 0.638. The molecule has 0 bridgehead atoms. The second-order valence-corrected chi connectivity index (χ2v) is 7.94. The molecule has 28 heavy (non-hydrogen) atoms. The second kappa shape index (κ2) is 8.05. The largest absolute Gasteiger partial charge is 0.465 e. The molecular weight excluding hydrogens is 378 g/mol. The molecule has 0 unspecified atom stereocenters. The van der Waals surface area contributed by atoms with E-state index in [9.17, 15) is 9.59 Å². The Kier molecular flexibility index (Phi) is 5.73. The van der Waals surface area contributed by atoms with Crippen LogP contribution in [0.15, 0.2) is 11.4 Å². The second-order valence-electron chi connectivity index (χ2n) is 7.06. The number of esters is 1. The molecule has 0 aliphatic heterocycles. The summed E-state index contributed by atoms with van der Waals surface area (Å²) in [5, 5.41) is 9.53. The maximum absolute atomic E-state index is 12.5. The van der Waals surface area contributed by atoms with Crippen molar-refractivity contribution < 1.29 is 14.3 Å². The zero-order chi connectivity index (χ0) is 20.4. The van der Waals surface area contributed by atoms with Crippen LogP contribution >= 0.6 is 11.3 Å². The number of carbonyl (C=O) groups excluding carboxylic acids is 2. The van der Waals surface area contributed by atoms with Gasteiger partial charge in [0.25, 0.3) is 5.78 Å². The molecule has 0 aliphatic rings. The lowest BCUT2D eigenvalue weighted by molar-refractivity contribution is -0.115. The third kappa shape index (κ3) is 4.19. The summed E-state index contributed by atoms with van der Waals surface area (Å²) in [5.74, 6) is 0.466. The van der Waals surface area contributed by atoms with Crippen LogP contribution in [0.3, 0.4) is 0 Å². The van der Waals surface area contributed by atoms with Gasteiger partial charge in [-0.1, -0.05) is 13.8 Å². The Balaban J connectivity index is 1.80. The Morgan fingerprint density at radius 3 is 2.71 bits per heavy atom. The maximum Gasteiger partial charge on any atom is 0.341 e.